The smallest absolute Gasteiger partial charge is 0.320 e. The van der Waals surface area contributed by atoms with Crippen molar-refractivity contribution in [3.05, 3.63) is 17.0 Å². The van der Waals surface area contributed by atoms with Crippen LogP contribution in [-0.2, 0) is 4.74 Å². The SMILES string of the molecule is O=C(N1CCOCC1)N1CCN(c2cc(Cl)nc(C3CC3)n2)CC1. The second-order valence-corrected chi connectivity index (χ2v) is 6.92. The predicted octanol–water partition coefficient (Wildman–Crippen LogP) is 1.58. The van der Waals surface area contributed by atoms with Gasteiger partial charge in [0.25, 0.3) is 0 Å². The van der Waals surface area contributed by atoms with E-state index in [4.69, 9.17) is 16.3 Å². The van der Waals surface area contributed by atoms with Gasteiger partial charge in [0.1, 0.15) is 16.8 Å². The predicted molar refractivity (Wildman–Crippen MR) is 90.6 cm³/mol. The number of aromatic nitrogens is 2. The van der Waals surface area contributed by atoms with Crippen LogP contribution in [0.5, 0.6) is 0 Å². The number of halogens is 1. The van der Waals surface area contributed by atoms with Gasteiger partial charge >= 0.3 is 6.03 Å². The van der Waals surface area contributed by atoms with Gasteiger partial charge in [-0.3, -0.25) is 0 Å². The van der Waals surface area contributed by atoms with Gasteiger partial charge < -0.3 is 19.4 Å². The maximum atomic E-state index is 12.5. The number of amides is 2. The zero-order valence-corrected chi connectivity index (χ0v) is 14.4. The molecule has 3 aliphatic rings. The third kappa shape index (κ3) is 3.42. The summed E-state index contributed by atoms with van der Waals surface area (Å²) in [6.07, 6.45) is 2.31. The van der Waals surface area contributed by atoms with Crippen molar-refractivity contribution in [1.82, 2.24) is 19.8 Å². The molecule has 8 heteroatoms. The molecule has 7 nitrogen and oxygen atoms in total. The van der Waals surface area contributed by atoms with E-state index in [2.05, 4.69) is 14.9 Å². The quantitative estimate of drug-likeness (QED) is 0.757. The molecule has 2 amide bonds. The Hall–Kier alpha value is -1.60. The Kier molecular flexibility index (Phi) is 4.45. The minimum atomic E-state index is 0.123. The van der Waals surface area contributed by atoms with Gasteiger partial charge in [-0.25, -0.2) is 14.8 Å². The standard InChI is InChI=1S/C16H22ClN5O2/c17-13-11-14(19-15(18-13)12-1-2-12)20-3-5-21(6-4-20)16(23)22-7-9-24-10-8-22/h11-12H,1-10H2. The number of ether oxygens (including phenoxy) is 1. The zero-order chi connectivity index (χ0) is 16.5. The van der Waals surface area contributed by atoms with Gasteiger partial charge in [-0.05, 0) is 12.8 Å². The van der Waals surface area contributed by atoms with Crippen molar-refractivity contribution in [2.45, 2.75) is 18.8 Å². The Labute approximate surface area is 146 Å². The molecule has 130 valence electrons. The molecule has 0 atom stereocenters. The van der Waals surface area contributed by atoms with Gasteiger partial charge in [-0.2, -0.15) is 0 Å². The minimum absolute atomic E-state index is 0.123. The molecule has 0 N–H and O–H groups in total. The molecule has 0 bridgehead atoms. The van der Waals surface area contributed by atoms with Gasteiger partial charge in [0.2, 0.25) is 0 Å². The highest BCUT2D eigenvalue weighted by Crippen LogP contribution is 2.39. The van der Waals surface area contributed by atoms with Crippen molar-refractivity contribution in [3.63, 3.8) is 0 Å². The molecule has 0 radical (unpaired) electrons. The number of nitrogens with zero attached hydrogens (tertiary/aromatic N) is 5. The minimum Gasteiger partial charge on any atom is -0.378 e. The first-order valence-corrected chi connectivity index (χ1v) is 8.99. The molecule has 1 aromatic heterocycles. The molecule has 3 heterocycles. The Morgan fingerprint density at radius 1 is 1.04 bits per heavy atom. The first kappa shape index (κ1) is 15.9. The summed E-state index contributed by atoms with van der Waals surface area (Å²) < 4.78 is 5.31. The van der Waals surface area contributed by atoms with E-state index in [1.54, 1.807) is 0 Å². The van der Waals surface area contributed by atoms with Gasteiger partial charge in [0.15, 0.2) is 0 Å². The van der Waals surface area contributed by atoms with Crippen LogP contribution < -0.4 is 4.90 Å². The van der Waals surface area contributed by atoms with Gasteiger partial charge in [-0.15, -0.1) is 0 Å². The lowest BCUT2D eigenvalue weighted by atomic mass is 10.3. The third-order valence-corrected chi connectivity index (χ3v) is 4.99. The fourth-order valence-electron chi connectivity index (χ4n) is 3.19. The van der Waals surface area contributed by atoms with Crippen LogP contribution >= 0.6 is 11.6 Å². The van der Waals surface area contributed by atoms with E-state index in [1.165, 1.54) is 0 Å². The van der Waals surface area contributed by atoms with Crippen molar-refractivity contribution in [2.24, 2.45) is 0 Å². The second-order valence-electron chi connectivity index (χ2n) is 6.54. The Bertz CT molecular complexity index is 610. The summed E-state index contributed by atoms with van der Waals surface area (Å²) in [5.74, 6) is 2.23. The van der Waals surface area contributed by atoms with Crippen molar-refractivity contribution in [1.29, 1.82) is 0 Å². The monoisotopic (exact) mass is 351 g/mol. The van der Waals surface area contributed by atoms with Crippen molar-refractivity contribution in [3.8, 4) is 0 Å². The van der Waals surface area contributed by atoms with E-state index in [9.17, 15) is 4.79 Å². The van der Waals surface area contributed by atoms with Crippen LogP contribution in [0.3, 0.4) is 0 Å². The molecular formula is C16H22ClN5O2. The van der Waals surface area contributed by atoms with E-state index < -0.39 is 0 Å². The Balaban J connectivity index is 1.38. The Morgan fingerprint density at radius 2 is 1.71 bits per heavy atom. The van der Waals surface area contributed by atoms with E-state index in [1.807, 2.05) is 15.9 Å². The van der Waals surface area contributed by atoms with Gasteiger partial charge in [0, 0.05) is 51.3 Å². The lowest BCUT2D eigenvalue weighted by molar-refractivity contribution is 0.0428. The third-order valence-electron chi connectivity index (χ3n) is 4.80. The summed E-state index contributed by atoms with van der Waals surface area (Å²) in [5.41, 5.74) is 0. The fourth-order valence-corrected chi connectivity index (χ4v) is 3.37. The number of hydrogen-bond donors (Lipinski definition) is 0. The second kappa shape index (κ2) is 6.72. The van der Waals surface area contributed by atoms with Gasteiger partial charge in [0.05, 0.1) is 13.2 Å². The zero-order valence-electron chi connectivity index (χ0n) is 13.7. The summed E-state index contributed by atoms with van der Waals surface area (Å²) >= 11 is 6.16. The van der Waals surface area contributed by atoms with Crippen molar-refractivity contribution < 1.29 is 9.53 Å². The largest absolute Gasteiger partial charge is 0.378 e. The summed E-state index contributed by atoms with van der Waals surface area (Å²) in [4.78, 5) is 27.6. The van der Waals surface area contributed by atoms with Gasteiger partial charge in [-0.1, -0.05) is 11.6 Å². The van der Waals surface area contributed by atoms with Crippen LogP contribution in [0.15, 0.2) is 6.07 Å². The molecule has 4 rings (SSSR count). The first-order valence-electron chi connectivity index (χ1n) is 8.62. The normalized spacial score (nSPS) is 22.0. The van der Waals surface area contributed by atoms with Crippen LogP contribution in [0.1, 0.15) is 24.6 Å². The number of urea groups is 1. The van der Waals surface area contributed by atoms with Crippen LogP contribution in [0, 0.1) is 0 Å². The van der Waals surface area contributed by atoms with Crippen molar-refractivity contribution in [2.75, 3.05) is 57.4 Å². The maximum absolute atomic E-state index is 12.5. The fraction of sp³-hybridized carbons (Fsp3) is 0.688. The molecule has 1 aromatic rings. The maximum Gasteiger partial charge on any atom is 0.320 e. The van der Waals surface area contributed by atoms with E-state index >= 15 is 0 Å². The lowest BCUT2D eigenvalue weighted by Gasteiger charge is -2.39. The molecule has 2 saturated heterocycles. The van der Waals surface area contributed by atoms with Crippen LogP contribution in [0.2, 0.25) is 5.15 Å². The Morgan fingerprint density at radius 3 is 2.38 bits per heavy atom. The van der Waals surface area contributed by atoms with Crippen LogP contribution in [-0.4, -0.2) is 78.3 Å². The average Bonchev–Trinajstić information content (AvgIpc) is 3.47. The molecule has 0 unspecified atom stereocenters. The number of piperazine rings is 1. The van der Waals surface area contributed by atoms with Crippen LogP contribution in [0.4, 0.5) is 10.6 Å². The number of rotatable bonds is 2. The summed E-state index contributed by atoms with van der Waals surface area (Å²) in [6, 6.07) is 1.95. The number of carbonyl (C=O) groups excluding carboxylic acids is 1. The summed E-state index contributed by atoms with van der Waals surface area (Å²) in [5, 5.41) is 0.508. The van der Waals surface area contributed by atoms with Crippen molar-refractivity contribution >= 4 is 23.4 Å². The highest BCUT2D eigenvalue weighted by Gasteiger charge is 2.30. The molecule has 3 fully saturated rings. The molecule has 24 heavy (non-hydrogen) atoms. The lowest BCUT2D eigenvalue weighted by Crippen LogP contribution is -2.55. The average molecular weight is 352 g/mol. The molecule has 0 spiro atoms. The first-order chi connectivity index (χ1) is 11.7. The van der Waals surface area contributed by atoms with E-state index in [0.717, 1.165) is 37.6 Å². The molecule has 1 saturated carbocycles. The summed E-state index contributed by atoms with van der Waals surface area (Å²) in [7, 11) is 0. The molecule has 2 aliphatic heterocycles. The highest BCUT2D eigenvalue weighted by atomic mass is 35.5. The highest BCUT2D eigenvalue weighted by molar-refractivity contribution is 6.29. The molecule has 1 aliphatic carbocycles. The number of carbonyl (C=O) groups is 1. The van der Waals surface area contributed by atoms with E-state index in [-0.39, 0.29) is 6.03 Å². The summed E-state index contributed by atoms with van der Waals surface area (Å²) in [6.45, 7) is 5.59. The molecular weight excluding hydrogens is 330 g/mol. The number of morpholine rings is 1. The molecule has 0 aromatic carbocycles. The topological polar surface area (TPSA) is 61.8 Å². The number of hydrogen-bond acceptors (Lipinski definition) is 5. The number of anilines is 1. The van der Waals surface area contributed by atoms with Crippen LogP contribution in [0.25, 0.3) is 0 Å². The van der Waals surface area contributed by atoms with E-state index in [0.29, 0.717) is 50.5 Å².